The van der Waals surface area contributed by atoms with Crippen molar-refractivity contribution in [3.8, 4) is 11.1 Å². The second kappa shape index (κ2) is 10.4. The lowest BCUT2D eigenvalue weighted by atomic mass is 10.0. The summed E-state index contributed by atoms with van der Waals surface area (Å²) in [6.45, 7) is 4.73. The van der Waals surface area contributed by atoms with Crippen LogP contribution in [0.5, 0.6) is 0 Å². The van der Waals surface area contributed by atoms with E-state index in [1.165, 1.54) is 22.9 Å². The SMILES string of the molecule is Cc1cccc(C)c1NCc1nnc(SCC(=O)Nc2ccccc2-c2ccccc2)n1C. The molecule has 7 heteroatoms. The van der Waals surface area contributed by atoms with E-state index in [0.29, 0.717) is 11.7 Å². The number of thioether (sulfide) groups is 1. The van der Waals surface area contributed by atoms with Gasteiger partial charge >= 0.3 is 0 Å². The topological polar surface area (TPSA) is 71.8 Å². The molecule has 1 heterocycles. The fourth-order valence-corrected chi connectivity index (χ4v) is 4.39. The van der Waals surface area contributed by atoms with Crippen LogP contribution in [0, 0.1) is 13.8 Å². The van der Waals surface area contributed by atoms with Crippen molar-refractivity contribution >= 4 is 29.0 Å². The molecule has 1 amide bonds. The van der Waals surface area contributed by atoms with Gasteiger partial charge in [-0.25, -0.2) is 0 Å². The van der Waals surface area contributed by atoms with Crippen molar-refractivity contribution in [1.29, 1.82) is 0 Å². The van der Waals surface area contributed by atoms with E-state index in [0.717, 1.165) is 28.3 Å². The second-order valence-corrected chi connectivity index (χ2v) is 8.77. The van der Waals surface area contributed by atoms with E-state index in [1.807, 2.05) is 66.2 Å². The third-order valence-corrected chi connectivity index (χ3v) is 6.47. The van der Waals surface area contributed by atoms with Crippen molar-refractivity contribution in [2.24, 2.45) is 7.05 Å². The molecule has 3 aromatic carbocycles. The normalized spacial score (nSPS) is 10.8. The van der Waals surface area contributed by atoms with Crippen LogP contribution in [0.4, 0.5) is 11.4 Å². The first-order chi connectivity index (χ1) is 16.0. The summed E-state index contributed by atoms with van der Waals surface area (Å²) < 4.78 is 1.93. The highest BCUT2D eigenvalue weighted by Gasteiger charge is 2.13. The van der Waals surface area contributed by atoms with Gasteiger partial charge < -0.3 is 15.2 Å². The first-order valence-electron chi connectivity index (χ1n) is 10.8. The van der Waals surface area contributed by atoms with Crippen LogP contribution in [0.1, 0.15) is 17.0 Å². The Labute approximate surface area is 198 Å². The first-order valence-corrected chi connectivity index (χ1v) is 11.8. The minimum atomic E-state index is -0.0819. The van der Waals surface area contributed by atoms with Crippen LogP contribution in [-0.2, 0) is 18.4 Å². The highest BCUT2D eigenvalue weighted by molar-refractivity contribution is 7.99. The number of nitrogens with one attached hydrogen (secondary N) is 2. The van der Waals surface area contributed by atoms with Gasteiger partial charge in [0, 0.05) is 24.0 Å². The molecule has 0 bridgehead atoms. The van der Waals surface area contributed by atoms with Gasteiger partial charge in [0.15, 0.2) is 11.0 Å². The smallest absolute Gasteiger partial charge is 0.234 e. The number of carbonyl (C=O) groups excluding carboxylic acids is 1. The van der Waals surface area contributed by atoms with Crippen LogP contribution >= 0.6 is 11.8 Å². The van der Waals surface area contributed by atoms with Gasteiger partial charge in [0.2, 0.25) is 5.91 Å². The molecular formula is C26H27N5OS. The molecule has 0 radical (unpaired) electrons. The lowest BCUT2D eigenvalue weighted by Crippen LogP contribution is -2.15. The molecule has 0 aliphatic carbocycles. The van der Waals surface area contributed by atoms with Gasteiger partial charge in [0.1, 0.15) is 0 Å². The standard InChI is InChI=1S/C26H27N5OS/c1-18-10-9-11-19(2)25(18)27-16-23-29-30-26(31(23)3)33-17-24(32)28-22-15-8-7-14-21(22)20-12-5-4-6-13-20/h4-15,27H,16-17H2,1-3H3,(H,28,32). The zero-order valence-electron chi connectivity index (χ0n) is 19.0. The molecule has 4 aromatic rings. The monoisotopic (exact) mass is 457 g/mol. The van der Waals surface area contributed by atoms with Gasteiger partial charge in [-0.3, -0.25) is 4.79 Å². The summed E-state index contributed by atoms with van der Waals surface area (Å²) in [5, 5.41) is 15.8. The van der Waals surface area contributed by atoms with Crippen molar-refractivity contribution in [1.82, 2.24) is 14.8 Å². The Morgan fingerprint density at radius 3 is 2.36 bits per heavy atom. The maximum absolute atomic E-state index is 12.7. The van der Waals surface area contributed by atoms with E-state index in [9.17, 15) is 4.79 Å². The maximum atomic E-state index is 12.7. The Hall–Kier alpha value is -3.58. The summed E-state index contributed by atoms with van der Waals surface area (Å²) in [6, 6.07) is 24.1. The van der Waals surface area contributed by atoms with Crippen molar-refractivity contribution in [3.05, 3.63) is 89.7 Å². The highest BCUT2D eigenvalue weighted by Crippen LogP contribution is 2.28. The van der Waals surface area contributed by atoms with E-state index < -0.39 is 0 Å². The van der Waals surface area contributed by atoms with Crippen LogP contribution < -0.4 is 10.6 Å². The highest BCUT2D eigenvalue weighted by atomic mass is 32.2. The minimum Gasteiger partial charge on any atom is -0.377 e. The van der Waals surface area contributed by atoms with Gasteiger partial charge in [0.25, 0.3) is 0 Å². The summed E-state index contributed by atoms with van der Waals surface area (Å²) >= 11 is 1.37. The molecule has 4 rings (SSSR count). The number of carbonyl (C=O) groups is 1. The Kier molecular flexibility index (Phi) is 7.10. The van der Waals surface area contributed by atoms with E-state index in [-0.39, 0.29) is 11.7 Å². The molecule has 0 spiro atoms. The van der Waals surface area contributed by atoms with E-state index in [2.05, 4.69) is 52.9 Å². The predicted molar refractivity (Wildman–Crippen MR) is 135 cm³/mol. The van der Waals surface area contributed by atoms with Crippen LogP contribution in [0.25, 0.3) is 11.1 Å². The first kappa shape index (κ1) is 22.6. The van der Waals surface area contributed by atoms with Crippen LogP contribution in [0.3, 0.4) is 0 Å². The molecule has 0 atom stereocenters. The minimum absolute atomic E-state index is 0.0819. The lowest BCUT2D eigenvalue weighted by Gasteiger charge is -2.12. The number of amides is 1. The number of para-hydroxylation sites is 2. The summed E-state index contributed by atoms with van der Waals surface area (Å²) in [7, 11) is 1.92. The molecule has 1 aromatic heterocycles. The number of hydrogen-bond donors (Lipinski definition) is 2. The summed E-state index contributed by atoms with van der Waals surface area (Å²) in [6.07, 6.45) is 0. The second-order valence-electron chi connectivity index (χ2n) is 7.83. The molecule has 168 valence electrons. The fraction of sp³-hybridized carbons (Fsp3) is 0.192. The largest absolute Gasteiger partial charge is 0.377 e. The van der Waals surface area contributed by atoms with E-state index in [4.69, 9.17) is 0 Å². The Bertz CT molecular complexity index is 1230. The molecule has 0 saturated heterocycles. The number of anilines is 2. The summed E-state index contributed by atoms with van der Waals surface area (Å²) in [5.74, 6) is 0.982. The van der Waals surface area contributed by atoms with Crippen LogP contribution in [0.15, 0.2) is 78.0 Å². The molecule has 0 unspecified atom stereocenters. The Balaban J connectivity index is 1.37. The van der Waals surface area contributed by atoms with E-state index in [1.54, 1.807) is 0 Å². The van der Waals surface area contributed by atoms with Crippen LogP contribution in [0.2, 0.25) is 0 Å². The molecule has 0 aliphatic heterocycles. The molecule has 0 aliphatic rings. The fourth-order valence-electron chi connectivity index (χ4n) is 3.66. The molecule has 0 saturated carbocycles. The van der Waals surface area contributed by atoms with Crippen molar-refractivity contribution < 1.29 is 4.79 Å². The number of aromatic nitrogens is 3. The Morgan fingerprint density at radius 2 is 1.61 bits per heavy atom. The van der Waals surface area contributed by atoms with Gasteiger partial charge in [0.05, 0.1) is 12.3 Å². The molecule has 0 fully saturated rings. The molecular weight excluding hydrogens is 430 g/mol. The number of rotatable bonds is 8. The summed E-state index contributed by atoms with van der Waals surface area (Å²) in [4.78, 5) is 12.7. The lowest BCUT2D eigenvalue weighted by molar-refractivity contribution is -0.113. The number of nitrogens with zero attached hydrogens (tertiary/aromatic N) is 3. The number of hydrogen-bond acceptors (Lipinski definition) is 5. The maximum Gasteiger partial charge on any atom is 0.234 e. The van der Waals surface area contributed by atoms with Crippen molar-refractivity contribution in [2.45, 2.75) is 25.5 Å². The van der Waals surface area contributed by atoms with Crippen molar-refractivity contribution in [3.63, 3.8) is 0 Å². The predicted octanol–water partition coefficient (Wildman–Crippen LogP) is 5.44. The quantitative estimate of drug-likeness (QED) is 0.345. The van der Waals surface area contributed by atoms with Gasteiger partial charge in [-0.05, 0) is 36.6 Å². The van der Waals surface area contributed by atoms with Gasteiger partial charge in [-0.2, -0.15) is 0 Å². The molecule has 2 N–H and O–H groups in total. The number of benzene rings is 3. The average Bonchev–Trinajstić information content (AvgIpc) is 3.17. The van der Waals surface area contributed by atoms with Gasteiger partial charge in [-0.15, -0.1) is 10.2 Å². The van der Waals surface area contributed by atoms with Gasteiger partial charge in [-0.1, -0.05) is 78.5 Å². The third-order valence-electron chi connectivity index (χ3n) is 5.45. The van der Waals surface area contributed by atoms with Crippen LogP contribution in [-0.4, -0.2) is 26.4 Å². The summed E-state index contributed by atoms with van der Waals surface area (Å²) in [5.41, 5.74) is 6.36. The third kappa shape index (κ3) is 5.43. The zero-order valence-corrected chi connectivity index (χ0v) is 19.8. The average molecular weight is 458 g/mol. The zero-order chi connectivity index (χ0) is 23.2. The van der Waals surface area contributed by atoms with E-state index >= 15 is 0 Å². The number of aryl methyl sites for hydroxylation is 2. The Morgan fingerprint density at radius 1 is 0.909 bits per heavy atom. The molecule has 6 nitrogen and oxygen atoms in total. The molecule has 33 heavy (non-hydrogen) atoms. The van der Waals surface area contributed by atoms with Crippen molar-refractivity contribution in [2.75, 3.05) is 16.4 Å².